The molecule has 1 aromatic carbocycles. The third-order valence-electron chi connectivity index (χ3n) is 2.71. The second-order valence-electron chi connectivity index (χ2n) is 3.84. The van der Waals surface area contributed by atoms with E-state index in [2.05, 4.69) is 0 Å². The first-order valence-electron chi connectivity index (χ1n) is 5.37. The van der Waals surface area contributed by atoms with E-state index in [0.717, 1.165) is 10.9 Å². The first kappa shape index (κ1) is 11.3. The van der Waals surface area contributed by atoms with Crippen LogP contribution in [0.2, 0.25) is 0 Å². The summed E-state index contributed by atoms with van der Waals surface area (Å²) in [5.74, 6) is 0.140. The number of carbonyl (C=O) groups is 1. The predicted molar refractivity (Wildman–Crippen MR) is 63.9 cm³/mol. The van der Waals surface area contributed by atoms with Crippen molar-refractivity contribution in [1.82, 2.24) is 4.57 Å². The topological polar surface area (TPSA) is 65.1 Å². The van der Waals surface area contributed by atoms with Gasteiger partial charge in [-0.1, -0.05) is 6.92 Å². The summed E-state index contributed by atoms with van der Waals surface area (Å²) in [4.78, 5) is 21.6. The van der Waals surface area contributed by atoms with E-state index in [1.54, 1.807) is 18.3 Å². The lowest BCUT2D eigenvalue weighted by molar-refractivity contribution is -0.384. The molecule has 0 saturated heterocycles. The first-order chi connectivity index (χ1) is 8.11. The number of rotatable bonds is 4. The molecule has 2 aromatic rings. The fraction of sp³-hybridized carbons (Fsp3) is 0.250. The van der Waals surface area contributed by atoms with Gasteiger partial charge >= 0.3 is 0 Å². The second kappa shape index (κ2) is 4.37. The van der Waals surface area contributed by atoms with Crippen molar-refractivity contribution in [2.24, 2.45) is 0 Å². The minimum absolute atomic E-state index is 0.0667. The Balaban J connectivity index is 2.41. The molecule has 0 N–H and O–H groups in total. The summed E-state index contributed by atoms with van der Waals surface area (Å²) in [7, 11) is 0. The molecule has 0 atom stereocenters. The Labute approximate surface area is 97.8 Å². The molecular weight excluding hydrogens is 220 g/mol. The number of Topliss-reactive ketones (excluding diaryl/α,β-unsaturated/α-hetero) is 1. The summed E-state index contributed by atoms with van der Waals surface area (Å²) in [6.07, 6.45) is 2.27. The summed E-state index contributed by atoms with van der Waals surface area (Å²) >= 11 is 0. The van der Waals surface area contributed by atoms with Crippen LogP contribution in [0.25, 0.3) is 10.9 Å². The van der Waals surface area contributed by atoms with E-state index in [9.17, 15) is 14.9 Å². The normalized spacial score (nSPS) is 10.6. The number of nitrogens with zero attached hydrogens (tertiary/aromatic N) is 2. The van der Waals surface area contributed by atoms with Gasteiger partial charge in [0.05, 0.1) is 11.5 Å². The van der Waals surface area contributed by atoms with Crippen LogP contribution in [0.3, 0.4) is 0 Å². The molecule has 0 radical (unpaired) electrons. The van der Waals surface area contributed by atoms with Gasteiger partial charge in [0.1, 0.15) is 0 Å². The van der Waals surface area contributed by atoms with Gasteiger partial charge < -0.3 is 4.57 Å². The SMILES string of the molecule is CCC(=O)Cn1ccc2cc([N+](=O)[O-])ccc21. The molecule has 0 fully saturated rings. The van der Waals surface area contributed by atoms with Gasteiger partial charge in [-0.2, -0.15) is 0 Å². The highest BCUT2D eigenvalue weighted by Crippen LogP contribution is 2.21. The number of hydrogen-bond acceptors (Lipinski definition) is 3. The molecule has 0 bridgehead atoms. The number of non-ortho nitro benzene ring substituents is 1. The van der Waals surface area contributed by atoms with E-state index >= 15 is 0 Å². The zero-order chi connectivity index (χ0) is 12.4. The third-order valence-corrected chi connectivity index (χ3v) is 2.71. The number of hydrogen-bond donors (Lipinski definition) is 0. The lowest BCUT2D eigenvalue weighted by Gasteiger charge is -2.02. The highest BCUT2D eigenvalue weighted by atomic mass is 16.6. The van der Waals surface area contributed by atoms with Crippen LogP contribution in [0.4, 0.5) is 5.69 Å². The van der Waals surface area contributed by atoms with E-state index in [-0.39, 0.29) is 11.5 Å². The van der Waals surface area contributed by atoms with Crippen molar-refractivity contribution in [2.75, 3.05) is 0 Å². The van der Waals surface area contributed by atoms with Gasteiger partial charge in [-0.15, -0.1) is 0 Å². The van der Waals surface area contributed by atoms with E-state index < -0.39 is 4.92 Å². The lowest BCUT2D eigenvalue weighted by atomic mass is 10.2. The molecule has 1 heterocycles. The Bertz CT molecular complexity index is 586. The number of fused-ring (bicyclic) bond motifs is 1. The van der Waals surface area contributed by atoms with Gasteiger partial charge in [-0.05, 0) is 12.1 Å². The third kappa shape index (κ3) is 2.18. The number of nitro benzene ring substituents is 1. The molecule has 17 heavy (non-hydrogen) atoms. The molecular formula is C12H12N2O3. The van der Waals surface area contributed by atoms with Gasteiger partial charge in [0, 0.05) is 35.7 Å². The van der Waals surface area contributed by atoms with E-state index in [1.807, 2.05) is 11.5 Å². The Morgan fingerprint density at radius 1 is 1.41 bits per heavy atom. The number of ketones is 1. The Morgan fingerprint density at radius 3 is 2.82 bits per heavy atom. The Hall–Kier alpha value is -2.17. The summed E-state index contributed by atoms with van der Waals surface area (Å²) in [6, 6.07) is 6.43. The van der Waals surface area contributed by atoms with Crippen molar-refractivity contribution in [3.05, 3.63) is 40.6 Å². The molecule has 88 valence electrons. The Kier molecular flexibility index (Phi) is 2.91. The zero-order valence-electron chi connectivity index (χ0n) is 9.42. The fourth-order valence-electron chi connectivity index (χ4n) is 1.74. The standard InChI is InChI=1S/C12H12N2O3/c1-2-11(15)8-13-6-5-9-7-10(14(16)17)3-4-12(9)13/h3-7H,2,8H2,1H3. The minimum atomic E-state index is -0.423. The van der Waals surface area contributed by atoms with Crippen molar-refractivity contribution in [3.63, 3.8) is 0 Å². The predicted octanol–water partition coefficient (Wildman–Crippen LogP) is 2.53. The van der Waals surface area contributed by atoms with Crippen LogP contribution in [0.15, 0.2) is 30.5 Å². The van der Waals surface area contributed by atoms with Gasteiger partial charge in [-0.25, -0.2) is 0 Å². The maximum Gasteiger partial charge on any atom is 0.270 e. The van der Waals surface area contributed by atoms with Crippen LogP contribution in [0.5, 0.6) is 0 Å². The summed E-state index contributed by atoms with van der Waals surface area (Å²) in [5.41, 5.74) is 0.912. The average Bonchev–Trinajstić information content (AvgIpc) is 2.71. The molecule has 0 aliphatic carbocycles. The first-order valence-corrected chi connectivity index (χ1v) is 5.37. The largest absolute Gasteiger partial charge is 0.340 e. The highest BCUT2D eigenvalue weighted by molar-refractivity contribution is 5.85. The summed E-state index contributed by atoms with van der Waals surface area (Å²) < 4.78 is 1.81. The highest BCUT2D eigenvalue weighted by Gasteiger charge is 2.09. The fourth-order valence-corrected chi connectivity index (χ4v) is 1.74. The van der Waals surface area contributed by atoms with Gasteiger partial charge in [0.15, 0.2) is 5.78 Å². The number of carbonyl (C=O) groups excluding carboxylic acids is 1. The maximum atomic E-state index is 11.4. The van der Waals surface area contributed by atoms with Gasteiger partial charge in [0.2, 0.25) is 0 Å². The van der Waals surface area contributed by atoms with Crippen LogP contribution in [0, 0.1) is 10.1 Å². The Morgan fingerprint density at radius 2 is 2.18 bits per heavy atom. The molecule has 0 aliphatic rings. The summed E-state index contributed by atoms with van der Waals surface area (Å²) in [5, 5.41) is 11.4. The molecule has 0 unspecified atom stereocenters. The molecule has 2 rings (SSSR count). The monoisotopic (exact) mass is 232 g/mol. The number of nitro groups is 1. The number of benzene rings is 1. The molecule has 5 nitrogen and oxygen atoms in total. The molecule has 0 saturated carbocycles. The minimum Gasteiger partial charge on any atom is -0.340 e. The summed E-state index contributed by atoms with van der Waals surface area (Å²) in [6.45, 7) is 2.14. The van der Waals surface area contributed by atoms with Crippen molar-refractivity contribution >= 4 is 22.4 Å². The quantitative estimate of drug-likeness (QED) is 0.601. The molecule has 5 heteroatoms. The average molecular weight is 232 g/mol. The molecule has 1 aromatic heterocycles. The van der Waals surface area contributed by atoms with Crippen LogP contribution in [0.1, 0.15) is 13.3 Å². The van der Waals surface area contributed by atoms with Crippen molar-refractivity contribution in [3.8, 4) is 0 Å². The zero-order valence-corrected chi connectivity index (χ0v) is 9.42. The smallest absolute Gasteiger partial charge is 0.270 e. The van der Waals surface area contributed by atoms with Crippen molar-refractivity contribution in [2.45, 2.75) is 19.9 Å². The second-order valence-corrected chi connectivity index (χ2v) is 3.84. The molecule has 0 aliphatic heterocycles. The van der Waals surface area contributed by atoms with E-state index in [0.29, 0.717) is 13.0 Å². The van der Waals surface area contributed by atoms with Crippen LogP contribution < -0.4 is 0 Å². The van der Waals surface area contributed by atoms with Crippen LogP contribution >= 0.6 is 0 Å². The van der Waals surface area contributed by atoms with Gasteiger partial charge in [0.25, 0.3) is 5.69 Å². The van der Waals surface area contributed by atoms with Crippen LogP contribution in [-0.2, 0) is 11.3 Å². The van der Waals surface area contributed by atoms with Crippen molar-refractivity contribution in [1.29, 1.82) is 0 Å². The molecule has 0 amide bonds. The van der Waals surface area contributed by atoms with Crippen LogP contribution in [-0.4, -0.2) is 15.3 Å². The maximum absolute atomic E-state index is 11.4. The number of aromatic nitrogens is 1. The van der Waals surface area contributed by atoms with E-state index in [4.69, 9.17) is 0 Å². The van der Waals surface area contributed by atoms with E-state index in [1.165, 1.54) is 12.1 Å². The molecule has 0 spiro atoms. The van der Waals surface area contributed by atoms with Gasteiger partial charge in [-0.3, -0.25) is 14.9 Å². The van der Waals surface area contributed by atoms with Crippen molar-refractivity contribution < 1.29 is 9.72 Å². The lowest BCUT2D eigenvalue weighted by Crippen LogP contribution is -2.07.